The van der Waals surface area contributed by atoms with E-state index in [4.69, 9.17) is 9.88 Å². The van der Waals surface area contributed by atoms with E-state index < -0.39 is 10.0 Å². The van der Waals surface area contributed by atoms with Crippen LogP contribution in [-0.2, 0) is 15.4 Å². The standard InChI is InChI=1S/C15H23NO3S/c1-6-7-8-19-13-9-11(2)14(20(16,17)18)10-12(13)15(3,4)5/h6-7,9-10H,8H2,1-5H3,(H2,16,17,18)/b7-6+. The van der Waals surface area contributed by atoms with Crippen molar-refractivity contribution >= 4 is 10.0 Å². The van der Waals surface area contributed by atoms with Gasteiger partial charge in [0.05, 0.1) is 4.90 Å². The normalized spacial score (nSPS) is 12.9. The third kappa shape index (κ3) is 4.08. The molecule has 2 N–H and O–H groups in total. The maximum atomic E-state index is 11.6. The van der Waals surface area contributed by atoms with E-state index in [0.29, 0.717) is 17.9 Å². The predicted molar refractivity (Wildman–Crippen MR) is 81.6 cm³/mol. The molecule has 0 aliphatic heterocycles. The summed E-state index contributed by atoms with van der Waals surface area (Å²) in [7, 11) is -3.73. The lowest BCUT2D eigenvalue weighted by molar-refractivity contribution is 0.350. The Hall–Kier alpha value is -1.33. The summed E-state index contributed by atoms with van der Waals surface area (Å²) < 4.78 is 29.0. The molecule has 0 aliphatic carbocycles. The molecule has 0 aromatic heterocycles. The average Bonchev–Trinajstić information content (AvgIpc) is 2.25. The van der Waals surface area contributed by atoms with Gasteiger partial charge in [0.15, 0.2) is 0 Å². The van der Waals surface area contributed by atoms with Gasteiger partial charge in [-0.3, -0.25) is 0 Å². The summed E-state index contributed by atoms with van der Waals surface area (Å²) >= 11 is 0. The Morgan fingerprint density at radius 3 is 2.35 bits per heavy atom. The summed E-state index contributed by atoms with van der Waals surface area (Å²) in [5, 5.41) is 5.26. The van der Waals surface area contributed by atoms with Crippen molar-refractivity contribution in [3.05, 3.63) is 35.4 Å². The number of primary sulfonamides is 1. The fraction of sp³-hybridized carbons (Fsp3) is 0.467. The molecule has 1 aromatic rings. The van der Waals surface area contributed by atoms with Crippen molar-refractivity contribution < 1.29 is 13.2 Å². The summed E-state index contributed by atoms with van der Waals surface area (Å²) in [5.41, 5.74) is 1.19. The molecule has 0 bridgehead atoms. The number of nitrogens with two attached hydrogens (primary N) is 1. The number of sulfonamides is 1. The van der Waals surface area contributed by atoms with E-state index in [1.807, 2.05) is 39.8 Å². The topological polar surface area (TPSA) is 69.4 Å². The molecule has 0 heterocycles. The first-order valence-electron chi connectivity index (χ1n) is 6.49. The van der Waals surface area contributed by atoms with Crippen molar-refractivity contribution in [3.63, 3.8) is 0 Å². The Morgan fingerprint density at radius 1 is 1.30 bits per heavy atom. The van der Waals surface area contributed by atoms with Gasteiger partial charge >= 0.3 is 0 Å². The molecule has 112 valence electrons. The van der Waals surface area contributed by atoms with Crippen molar-refractivity contribution in [2.75, 3.05) is 6.61 Å². The summed E-state index contributed by atoms with van der Waals surface area (Å²) in [6.07, 6.45) is 3.80. The first kappa shape index (κ1) is 16.7. The van der Waals surface area contributed by atoms with E-state index >= 15 is 0 Å². The molecule has 20 heavy (non-hydrogen) atoms. The molecule has 0 atom stereocenters. The first-order chi connectivity index (χ1) is 9.07. The van der Waals surface area contributed by atoms with Crippen molar-refractivity contribution in [3.8, 4) is 5.75 Å². The van der Waals surface area contributed by atoms with Crippen molar-refractivity contribution in [1.29, 1.82) is 0 Å². The number of aryl methyl sites for hydroxylation is 1. The van der Waals surface area contributed by atoms with Crippen LogP contribution in [0.3, 0.4) is 0 Å². The monoisotopic (exact) mass is 297 g/mol. The summed E-state index contributed by atoms with van der Waals surface area (Å²) in [6, 6.07) is 3.36. The van der Waals surface area contributed by atoms with Crippen LogP contribution >= 0.6 is 0 Å². The van der Waals surface area contributed by atoms with Gasteiger partial charge in [0.25, 0.3) is 0 Å². The zero-order valence-electron chi connectivity index (χ0n) is 12.7. The highest BCUT2D eigenvalue weighted by atomic mass is 32.2. The van der Waals surface area contributed by atoms with Gasteiger partial charge in [0.2, 0.25) is 10.0 Å². The minimum Gasteiger partial charge on any atom is -0.489 e. The number of ether oxygens (including phenoxy) is 1. The number of hydrogen-bond acceptors (Lipinski definition) is 3. The molecule has 4 nitrogen and oxygen atoms in total. The summed E-state index contributed by atoms with van der Waals surface area (Å²) in [4.78, 5) is 0.154. The second-order valence-electron chi connectivity index (χ2n) is 5.79. The molecular weight excluding hydrogens is 274 g/mol. The molecule has 0 spiro atoms. The predicted octanol–water partition coefficient (Wildman–Crippen LogP) is 2.89. The Labute approximate surface area is 121 Å². The average molecular weight is 297 g/mol. The van der Waals surface area contributed by atoms with E-state index in [2.05, 4.69) is 0 Å². The van der Waals surface area contributed by atoms with E-state index in [1.165, 1.54) is 0 Å². The maximum absolute atomic E-state index is 11.6. The molecule has 1 rings (SSSR count). The molecule has 0 unspecified atom stereocenters. The molecule has 0 fully saturated rings. The lowest BCUT2D eigenvalue weighted by atomic mass is 9.86. The van der Waals surface area contributed by atoms with E-state index in [1.54, 1.807) is 19.1 Å². The lowest BCUT2D eigenvalue weighted by Crippen LogP contribution is -2.18. The lowest BCUT2D eigenvalue weighted by Gasteiger charge is -2.24. The molecule has 0 saturated heterocycles. The highest BCUT2D eigenvalue weighted by Crippen LogP contribution is 2.35. The van der Waals surface area contributed by atoms with Crippen molar-refractivity contribution in [2.24, 2.45) is 5.14 Å². The number of allylic oxidation sites excluding steroid dienone is 1. The largest absolute Gasteiger partial charge is 0.489 e. The van der Waals surface area contributed by atoms with Crippen molar-refractivity contribution in [2.45, 2.75) is 44.9 Å². The number of benzene rings is 1. The molecule has 5 heteroatoms. The van der Waals surface area contributed by atoms with Crippen LogP contribution in [0.2, 0.25) is 0 Å². The van der Waals surface area contributed by atoms with Crippen LogP contribution in [0, 0.1) is 6.92 Å². The van der Waals surface area contributed by atoms with E-state index in [-0.39, 0.29) is 10.3 Å². The smallest absolute Gasteiger partial charge is 0.238 e. The van der Waals surface area contributed by atoms with Crippen LogP contribution in [0.25, 0.3) is 0 Å². The Balaban J connectivity index is 3.41. The molecule has 0 aliphatic rings. The minimum atomic E-state index is -3.73. The van der Waals surface area contributed by atoms with E-state index in [9.17, 15) is 8.42 Å². The first-order valence-corrected chi connectivity index (χ1v) is 8.04. The van der Waals surface area contributed by atoms with Crippen LogP contribution in [-0.4, -0.2) is 15.0 Å². The summed E-state index contributed by atoms with van der Waals surface area (Å²) in [6.45, 7) is 10.1. The van der Waals surface area contributed by atoms with E-state index in [0.717, 1.165) is 5.56 Å². The van der Waals surface area contributed by atoms with Gasteiger partial charge in [-0.2, -0.15) is 0 Å². The van der Waals surface area contributed by atoms with Gasteiger partial charge in [-0.15, -0.1) is 0 Å². The van der Waals surface area contributed by atoms with Gasteiger partial charge < -0.3 is 4.74 Å². The molecular formula is C15H23NO3S. The highest BCUT2D eigenvalue weighted by Gasteiger charge is 2.23. The van der Waals surface area contributed by atoms with Gasteiger partial charge in [0.1, 0.15) is 12.4 Å². The van der Waals surface area contributed by atoms with Gasteiger partial charge in [-0.25, -0.2) is 13.6 Å². The number of hydrogen-bond donors (Lipinski definition) is 1. The number of rotatable bonds is 4. The fourth-order valence-electron chi connectivity index (χ4n) is 1.91. The van der Waals surface area contributed by atoms with Crippen molar-refractivity contribution in [1.82, 2.24) is 0 Å². The Kier molecular flexibility index (Phi) is 5.00. The van der Waals surface area contributed by atoms with Crippen LogP contribution in [0.4, 0.5) is 0 Å². The highest BCUT2D eigenvalue weighted by molar-refractivity contribution is 7.89. The Morgan fingerprint density at radius 2 is 1.90 bits per heavy atom. The van der Waals surface area contributed by atoms with Crippen LogP contribution in [0.15, 0.2) is 29.2 Å². The second-order valence-corrected chi connectivity index (χ2v) is 7.32. The van der Waals surface area contributed by atoms with Gasteiger partial charge in [-0.1, -0.05) is 32.9 Å². The Bertz CT molecular complexity index is 611. The third-order valence-electron chi connectivity index (χ3n) is 2.96. The SMILES string of the molecule is C/C=C/COc1cc(C)c(S(N)(=O)=O)cc1C(C)(C)C. The fourth-order valence-corrected chi connectivity index (χ4v) is 2.70. The molecule has 1 aromatic carbocycles. The van der Waals surface area contributed by atoms with Crippen LogP contribution < -0.4 is 9.88 Å². The molecule has 0 amide bonds. The van der Waals surface area contributed by atoms with Crippen LogP contribution in [0.5, 0.6) is 5.75 Å². The maximum Gasteiger partial charge on any atom is 0.238 e. The zero-order valence-corrected chi connectivity index (χ0v) is 13.5. The second kappa shape index (κ2) is 5.97. The zero-order chi connectivity index (χ0) is 15.6. The van der Waals surface area contributed by atoms with Gasteiger partial charge in [-0.05, 0) is 37.0 Å². The molecule has 0 saturated carbocycles. The third-order valence-corrected chi connectivity index (χ3v) is 4.02. The molecule has 0 radical (unpaired) electrons. The summed E-state index contributed by atoms with van der Waals surface area (Å²) in [5.74, 6) is 0.695. The minimum absolute atomic E-state index is 0.154. The van der Waals surface area contributed by atoms with Crippen LogP contribution in [0.1, 0.15) is 38.8 Å². The van der Waals surface area contributed by atoms with Gasteiger partial charge in [0, 0.05) is 5.56 Å². The quantitative estimate of drug-likeness (QED) is 0.869.